The van der Waals surface area contributed by atoms with E-state index in [0.29, 0.717) is 11.6 Å². The largest absolute Gasteiger partial charge is 0.481 e. The number of hydrogen-bond acceptors (Lipinski definition) is 6. The lowest BCUT2D eigenvalue weighted by Crippen LogP contribution is -2.07. The average molecular weight is 327 g/mol. The molecule has 0 aromatic carbocycles. The Morgan fingerprint density at radius 3 is 2.71 bits per heavy atom. The van der Waals surface area contributed by atoms with Gasteiger partial charge in [0.05, 0.1) is 37.5 Å². The molecule has 0 aliphatic heterocycles. The van der Waals surface area contributed by atoms with Crippen LogP contribution in [0.15, 0.2) is 36.8 Å². The van der Waals surface area contributed by atoms with Crippen LogP contribution in [0.1, 0.15) is 17.4 Å². The van der Waals surface area contributed by atoms with Crippen molar-refractivity contribution in [2.24, 2.45) is 7.05 Å². The van der Waals surface area contributed by atoms with Gasteiger partial charge < -0.3 is 9.47 Å². The molecule has 3 aromatic heterocycles. The molecule has 0 saturated heterocycles. The fraction of sp³-hybridized carbons (Fsp3) is 0.250. The van der Waals surface area contributed by atoms with Crippen molar-refractivity contribution >= 4 is 5.97 Å². The number of hydrogen-bond donors (Lipinski definition) is 0. The Kier molecular flexibility index (Phi) is 4.28. The molecule has 0 aliphatic rings. The van der Waals surface area contributed by atoms with Crippen LogP contribution in [-0.4, -0.2) is 44.2 Å². The Morgan fingerprint density at radius 1 is 1.29 bits per heavy atom. The van der Waals surface area contributed by atoms with Crippen LogP contribution in [0.5, 0.6) is 5.88 Å². The molecule has 0 amide bonds. The summed E-state index contributed by atoms with van der Waals surface area (Å²) in [6.45, 7) is 2.04. The van der Waals surface area contributed by atoms with Gasteiger partial charge in [0.15, 0.2) is 5.69 Å². The predicted molar refractivity (Wildman–Crippen MR) is 86.1 cm³/mol. The Morgan fingerprint density at radius 2 is 2.12 bits per heavy atom. The topological polar surface area (TPSA) is 84.1 Å². The number of carbonyl (C=O) groups excluding carboxylic acids is 1. The van der Waals surface area contributed by atoms with E-state index in [9.17, 15) is 4.79 Å². The second-order valence-corrected chi connectivity index (χ2v) is 5.01. The maximum absolute atomic E-state index is 12.0. The maximum Gasteiger partial charge on any atom is 0.358 e. The molecule has 0 unspecified atom stereocenters. The molecule has 0 saturated carbocycles. The molecule has 8 nitrogen and oxygen atoms in total. The molecular weight excluding hydrogens is 310 g/mol. The molecule has 8 heteroatoms. The summed E-state index contributed by atoms with van der Waals surface area (Å²) < 4.78 is 13.4. The van der Waals surface area contributed by atoms with Gasteiger partial charge in [-0.2, -0.15) is 10.2 Å². The van der Waals surface area contributed by atoms with Crippen molar-refractivity contribution in [3.63, 3.8) is 0 Å². The molecule has 3 heterocycles. The quantitative estimate of drug-likeness (QED) is 0.665. The first-order valence-electron chi connectivity index (χ1n) is 7.39. The standard InChI is InChI=1S/C16H17N5O3/c1-4-24-16(22)13-7-14(11-8-18-20(2)10-11)21(19-13)12-5-6-15(23-3)17-9-12/h5-10H,4H2,1-3H3. The van der Waals surface area contributed by atoms with Crippen molar-refractivity contribution in [2.45, 2.75) is 6.92 Å². The van der Waals surface area contributed by atoms with E-state index in [0.717, 1.165) is 11.3 Å². The van der Waals surface area contributed by atoms with E-state index in [4.69, 9.17) is 9.47 Å². The van der Waals surface area contributed by atoms with Gasteiger partial charge in [-0.05, 0) is 19.1 Å². The van der Waals surface area contributed by atoms with Gasteiger partial charge in [0.2, 0.25) is 5.88 Å². The smallest absolute Gasteiger partial charge is 0.358 e. The lowest BCUT2D eigenvalue weighted by atomic mass is 10.2. The zero-order valence-corrected chi connectivity index (χ0v) is 13.6. The van der Waals surface area contributed by atoms with E-state index < -0.39 is 5.97 Å². The van der Waals surface area contributed by atoms with Crippen LogP contribution in [0.2, 0.25) is 0 Å². The van der Waals surface area contributed by atoms with Crippen molar-refractivity contribution in [1.29, 1.82) is 0 Å². The summed E-state index contributed by atoms with van der Waals surface area (Å²) in [5, 5.41) is 8.53. The number of esters is 1. The number of carbonyl (C=O) groups is 1. The Balaban J connectivity index is 2.09. The van der Waals surface area contributed by atoms with Crippen molar-refractivity contribution < 1.29 is 14.3 Å². The highest BCUT2D eigenvalue weighted by atomic mass is 16.5. The molecule has 0 spiro atoms. The SMILES string of the molecule is CCOC(=O)c1cc(-c2cnn(C)c2)n(-c2ccc(OC)nc2)n1. The molecule has 0 atom stereocenters. The number of pyridine rings is 1. The van der Waals surface area contributed by atoms with Crippen LogP contribution < -0.4 is 4.74 Å². The van der Waals surface area contributed by atoms with E-state index in [2.05, 4.69) is 15.2 Å². The van der Waals surface area contributed by atoms with Crippen molar-refractivity contribution in [3.05, 3.63) is 42.5 Å². The van der Waals surface area contributed by atoms with Gasteiger partial charge in [-0.15, -0.1) is 0 Å². The van der Waals surface area contributed by atoms with Gasteiger partial charge in [0, 0.05) is 24.9 Å². The summed E-state index contributed by atoms with van der Waals surface area (Å²) in [6.07, 6.45) is 5.18. The maximum atomic E-state index is 12.0. The fourth-order valence-corrected chi connectivity index (χ4v) is 2.26. The summed E-state index contributed by atoms with van der Waals surface area (Å²) in [7, 11) is 3.38. The highest BCUT2D eigenvalue weighted by molar-refractivity contribution is 5.89. The van der Waals surface area contributed by atoms with Crippen LogP contribution in [0.3, 0.4) is 0 Å². The normalized spacial score (nSPS) is 10.6. The molecule has 0 N–H and O–H groups in total. The number of ether oxygens (including phenoxy) is 2. The first kappa shape index (κ1) is 15.7. The van der Waals surface area contributed by atoms with Crippen LogP contribution in [-0.2, 0) is 11.8 Å². The van der Waals surface area contributed by atoms with E-state index in [1.807, 2.05) is 19.3 Å². The third-order valence-corrected chi connectivity index (χ3v) is 3.37. The third-order valence-electron chi connectivity index (χ3n) is 3.37. The average Bonchev–Trinajstić information content (AvgIpc) is 3.21. The van der Waals surface area contributed by atoms with Gasteiger partial charge >= 0.3 is 5.97 Å². The summed E-state index contributed by atoms with van der Waals surface area (Å²) >= 11 is 0. The van der Waals surface area contributed by atoms with Gasteiger partial charge in [0.1, 0.15) is 0 Å². The van der Waals surface area contributed by atoms with E-state index in [1.165, 1.54) is 0 Å². The molecule has 0 bridgehead atoms. The van der Waals surface area contributed by atoms with Gasteiger partial charge in [0.25, 0.3) is 0 Å². The highest BCUT2D eigenvalue weighted by Gasteiger charge is 2.18. The lowest BCUT2D eigenvalue weighted by Gasteiger charge is -2.06. The second kappa shape index (κ2) is 6.53. The molecule has 3 aromatic rings. The first-order chi connectivity index (χ1) is 11.6. The molecule has 3 rings (SSSR count). The highest BCUT2D eigenvalue weighted by Crippen LogP contribution is 2.24. The Hall–Kier alpha value is -3.16. The van der Waals surface area contributed by atoms with Crippen LogP contribution >= 0.6 is 0 Å². The summed E-state index contributed by atoms with van der Waals surface area (Å²) in [6, 6.07) is 5.22. The Labute approximate surface area is 138 Å². The second-order valence-electron chi connectivity index (χ2n) is 5.01. The molecule has 124 valence electrons. The predicted octanol–water partition coefficient (Wildman–Crippen LogP) is 1.85. The van der Waals surface area contributed by atoms with E-state index in [-0.39, 0.29) is 12.3 Å². The van der Waals surface area contributed by atoms with Gasteiger partial charge in [-0.3, -0.25) is 4.68 Å². The molecule has 0 fully saturated rings. The lowest BCUT2D eigenvalue weighted by molar-refractivity contribution is 0.0519. The van der Waals surface area contributed by atoms with Gasteiger partial charge in [-0.1, -0.05) is 0 Å². The zero-order chi connectivity index (χ0) is 17.1. The van der Waals surface area contributed by atoms with Crippen LogP contribution in [0.25, 0.3) is 16.9 Å². The monoisotopic (exact) mass is 327 g/mol. The minimum absolute atomic E-state index is 0.228. The number of aryl methyl sites for hydroxylation is 1. The molecule has 24 heavy (non-hydrogen) atoms. The molecular formula is C16H17N5O3. The minimum Gasteiger partial charge on any atom is -0.481 e. The van der Waals surface area contributed by atoms with Crippen molar-refractivity contribution in [2.75, 3.05) is 13.7 Å². The van der Waals surface area contributed by atoms with Crippen molar-refractivity contribution in [3.8, 4) is 22.8 Å². The van der Waals surface area contributed by atoms with Gasteiger partial charge in [-0.25, -0.2) is 14.5 Å². The number of rotatable bonds is 5. The molecule has 0 aliphatic carbocycles. The van der Waals surface area contributed by atoms with E-state index >= 15 is 0 Å². The minimum atomic E-state index is -0.470. The number of methoxy groups -OCH3 is 1. The first-order valence-corrected chi connectivity index (χ1v) is 7.39. The molecule has 0 radical (unpaired) electrons. The van der Waals surface area contributed by atoms with Crippen LogP contribution in [0, 0.1) is 0 Å². The van der Waals surface area contributed by atoms with Crippen molar-refractivity contribution in [1.82, 2.24) is 24.5 Å². The Bertz CT molecular complexity index is 851. The third kappa shape index (κ3) is 2.98. The van der Waals surface area contributed by atoms with E-state index in [1.54, 1.807) is 47.9 Å². The van der Waals surface area contributed by atoms with Crippen LogP contribution in [0.4, 0.5) is 0 Å². The summed E-state index contributed by atoms with van der Waals surface area (Å²) in [5.41, 5.74) is 2.48. The number of nitrogens with zero attached hydrogens (tertiary/aromatic N) is 5. The number of aromatic nitrogens is 5. The summed E-state index contributed by atoms with van der Waals surface area (Å²) in [4.78, 5) is 16.2. The fourth-order valence-electron chi connectivity index (χ4n) is 2.26. The zero-order valence-electron chi connectivity index (χ0n) is 13.6. The summed E-state index contributed by atoms with van der Waals surface area (Å²) in [5.74, 6) is 0.0299.